The molecule has 0 saturated carbocycles. The summed E-state index contributed by atoms with van der Waals surface area (Å²) in [4.78, 5) is 2.41. The van der Waals surface area contributed by atoms with E-state index < -0.39 is 0 Å². The lowest BCUT2D eigenvalue weighted by molar-refractivity contribution is 0.670. The molecule has 11 aromatic carbocycles. The number of para-hydroxylation sites is 3. The van der Waals surface area contributed by atoms with Crippen LogP contribution in [0.1, 0.15) is 0 Å². The fourth-order valence-corrected chi connectivity index (χ4v) is 10.3. The smallest absolute Gasteiger partial charge is 0.145 e. The van der Waals surface area contributed by atoms with Gasteiger partial charge in [0.05, 0.1) is 22.1 Å². The molecule has 0 atom stereocenters. The SMILES string of the molecule is c1ccc(-c2ccc(N(c3ccc(-c4ccc(-c5cccc6ccccc56)cc4)cc3)c3cccc(-c4cccc5c4c4ccccc4n5-c4ccccc4)c3)c3c2oc2ccccc23)cc1. The van der Waals surface area contributed by atoms with Crippen LogP contribution >= 0.6 is 0 Å². The Morgan fingerprint density at radius 2 is 0.910 bits per heavy atom. The number of fused-ring (bicyclic) bond motifs is 7. The van der Waals surface area contributed by atoms with Crippen molar-refractivity contribution in [2.75, 3.05) is 4.90 Å². The molecular formula is C64H42N2O. The fraction of sp³-hybridized carbons (Fsp3) is 0. The van der Waals surface area contributed by atoms with Gasteiger partial charge in [0, 0.05) is 38.8 Å². The molecule has 0 spiro atoms. The van der Waals surface area contributed by atoms with Crippen molar-refractivity contribution in [2.45, 2.75) is 0 Å². The first kappa shape index (κ1) is 38.5. The van der Waals surface area contributed by atoms with E-state index in [9.17, 15) is 0 Å². The van der Waals surface area contributed by atoms with Crippen molar-refractivity contribution in [3.63, 3.8) is 0 Å². The second kappa shape index (κ2) is 16.0. The molecule has 0 N–H and O–H groups in total. The predicted molar refractivity (Wildman–Crippen MR) is 282 cm³/mol. The molecule has 0 aliphatic rings. The summed E-state index contributed by atoms with van der Waals surface area (Å²) >= 11 is 0. The number of nitrogens with zero attached hydrogens (tertiary/aromatic N) is 2. The summed E-state index contributed by atoms with van der Waals surface area (Å²) < 4.78 is 9.22. The Bertz CT molecular complexity index is 3950. The average Bonchev–Trinajstić information content (AvgIpc) is 3.96. The van der Waals surface area contributed by atoms with E-state index >= 15 is 0 Å². The van der Waals surface area contributed by atoms with Gasteiger partial charge >= 0.3 is 0 Å². The number of anilines is 3. The van der Waals surface area contributed by atoms with Crippen LogP contribution in [-0.2, 0) is 0 Å². The molecular weight excluding hydrogens is 813 g/mol. The Morgan fingerprint density at radius 1 is 0.328 bits per heavy atom. The minimum atomic E-state index is 0.861. The van der Waals surface area contributed by atoms with E-state index in [1.807, 2.05) is 0 Å². The third-order valence-corrected chi connectivity index (χ3v) is 13.4. The fourth-order valence-electron chi connectivity index (χ4n) is 10.3. The molecule has 0 aliphatic heterocycles. The van der Waals surface area contributed by atoms with Crippen LogP contribution in [-0.4, -0.2) is 4.57 Å². The number of furan rings is 1. The maximum absolute atomic E-state index is 6.83. The van der Waals surface area contributed by atoms with E-state index in [-0.39, 0.29) is 0 Å². The Hall–Kier alpha value is -8.92. The van der Waals surface area contributed by atoms with Crippen LogP contribution in [0.5, 0.6) is 0 Å². The summed E-state index contributed by atoms with van der Waals surface area (Å²) in [6.07, 6.45) is 0. The number of rotatable bonds is 8. The van der Waals surface area contributed by atoms with Gasteiger partial charge in [-0.25, -0.2) is 0 Å². The highest BCUT2D eigenvalue weighted by Crippen LogP contribution is 2.48. The first-order valence-electron chi connectivity index (χ1n) is 22.9. The van der Waals surface area contributed by atoms with Crippen molar-refractivity contribution >= 4 is 71.6 Å². The molecule has 3 heteroatoms. The molecule has 13 rings (SSSR count). The van der Waals surface area contributed by atoms with E-state index in [2.05, 4.69) is 264 Å². The normalized spacial score (nSPS) is 11.6. The molecule has 2 heterocycles. The first-order valence-corrected chi connectivity index (χ1v) is 22.9. The Kier molecular flexibility index (Phi) is 9.17. The third kappa shape index (κ3) is 6.51. The Labute approximate surface area is 388 Å². The van der Waals surface area contributed by atoms with E-state index in [0.717, 1.165) is 66.9 Å². The molecule has 67 heavy (non-hydrogen) atoms. The molecule has 0 bridgehead atoms. The highest BCUT2D eigenvalue weighted by atomic mass is 16.3. The van der Waals surface area contributed by atoms with Crippen molar-refractivity contribution in [1.29, 1.82) is 0 Å². The third-order valence-electron chi connectivity index (χ3n) is 13.4. The summed E-state index contributed by atoms with van der Waals surface area (Å²) in [5, 5.41) is 7.12. The van der Waals surface area contributed by atoms with Gasteiger partial charge in [0.2, 0.25) is 0 Å². The standard InChI is InChI=1S/C64H42N2O/c1-3-16-46(17-4-1)55-40-41-60(63-57-26-10-12-31-61(57)67-64(55)63)65(50-38-36-44(37-39-50)43-32-34-47(35-33-43)53-27-14-19-45-18-7-8-24-52(45)53)51-23-13-20-48(42-51)54-28-15-30-59-62(54)56-25-9-11-29-58(56)66(59)49-21-5-2-6-22-49/h1-42H. The number of hydrogen-bond donors (Lipinski definition) is 0. The van der Waals surface area contributed by atoms with Gasteiger partial charge in [-0.2, -0.15) is 0 Å². The topological polar surface area (TPSA) is 21.3 Å². The highest BCUT2D eigenvalue weighted by molar-refractivity contribution is 6.18. The number of hydrogen-bond acceptors (Lipinski definition) is 2. The summed E-state index contributed by atoms with van der Waals surface area (Å²) in [7, 11) is 0. The van der Waals surface area contributed by atoms with Gasteiger partial charge in [0.15, 0.2) is 0 Å². The average molecular weight is 855 g/mol. The van der Waals surface area contributed by atoms with Crippen LogP contribution in [0.25, 0.3) is 105 Å². The quantitative estimate of drug-likeness (QED) is 0.152. The maximum atomic E-state index is 6.83. The van der Waals surface area contributed by atoms with Crippen molar-refractivity contribution < 1.29 is 4.42 Å². The molecule has 314 valence electrons. The Morgan fingerprint density at radius 3 is 1.73 bits per heavy atom. The molecule has 13 aromatic rings. The first-order chi connectivity index (χ1) is 33.2. The highest BCUT2D eigenvalue weighted by Gasteiger charge is 2.23. The van der Waals surface area contributed by atoms with Gasteiger partial charge in [-0.1, -0.05) is 188 Å². The second-order valence-corrected chi connectivity index (χ2v) is 17.2. The molecule has 0 amide bonds. The van der Waals surface area contributed by atoms with Crippen LogP contribution in [0.15, 0.2) is 259 Å². The van der Waals surface area contributed by atoms with Crippen LogP contribution in [0.3, 0.4) is 0 Å². The zero-order chi connectivity index (χ0) is 44.3. The van der Waals surface area contributed by atoms with Gasteiger partial charge in [0.25, 0.3) is 0 Å². The molecule has 0 aliphatic carbocycles. The van der Waals surface area contributed by atoms with Crippen LogP contribution in [0, 0.1) is 0 Å². The zero-order valence-corrected chi connectivity index (χ0v) is 36.6. The minimum Gasteiger partial charge on any atom is -0.455 e. The second-order valence-electron chi connectivity index (χ2n) is 17.2. The minimum absolute atomic E-state index is 0.861. The van der Waals surface area contributed by atoms with E-state index in [1.54, 1.807) is 0 Å². The maximum Gasteiger partial charge on any atom is 0.145 e. The van der Waals surface area contributed by atoms with E-state index in [0.29, 0.717) is 0 Å². The van der Waals surface area contributed by atoms with Crippen LogP contribution in [0.4, 0.5) is 17.1 Å². The van der Waals surface area contributed by atoms with E-state index in [1.165, 1.54) is 54.8 Å². The predicted octanol–water partition coefficient (Wildman–Crippen LogP) is 18.0. The molecule has 0 radical (unpaired) electrons. The van der Waals surface area contributed by atoms with Crippen molar-refractivity contribution in [3.8, 4) is 50.2 Å². The number of benzene rings is 11. The molecule has 0 unspecified atom stereocenters. The van der Waals surface area contributed by atoms with Gasteiger partial charge < -0.3 is 13.9 Å². The summed E-state index contributed by atoms with van der Waals surface area (Å²) in [5.41, 5.74) is 17.7. The van der Waals surface area contributed by atoms with Crippen molar-refractivity contribution in [1.82, 2.24) is 4.57 Å². The number of aromatic nitrogens is 1. The van der Waals surface area contributed by atoms with Gasteiger partial charge in [-0.3, -0.25) is 0 Å². The largest absolute Gasteiger partial charge is 0.455 e. The lowest BCUT2D eigenvalue weighted by Gasteiger charge is -2.27. The zero-order valence-electron chi connectivity index (χ0n) is 36.6. The van der Waals surface area contributed by atoms with Gasteiger partial charge in [-0.15, -0.1) is 0 Å². The monoisotopic (exact) mass is 854 g/mol. The summed E-state index contributed by atoms with van der Waals surface area (Å²) in [5.74, 6) is 0. The summed E-state index contributed by atoms with van der Waals surface area (Å²) in [6, 6.07) is 91.8. The molecule has 0 fully saturated rings. The van der Waals surface area contributed by atoms with Crippen molar-refractivity contribution in [3.05, 3.63) is 255 Å². The molecule has 0 saturated heterocycles. The summed E-state index contributed by atoms with van der Waals surface area (Å²) in [6.45, 7) is 0. The van der Waals surface area contributed by atoms with Crippen LogP contribution in [0.2, 0.25) is 0 Å². The van der Waals surface area contributed by atoms with Gasteiger partial charge in [0.1, 0.15) is 11.2 Å². The molecule has 2 aromatic heterocycles. The van der Waals surface area contributed by atoms with Gasteiger partial charge in [-0.05, 0) is 116 Å². The Balaban J connectivity index is 0.981. The lowest BCUT2D eigenvalue weighted by atomic mass is 9.96. The van der Waals surface area contributed by atoms with E-state index in [4.69, 9.17) is 4.42 Å². The molecule has 3 nitrogen and oxygen atoms in total. The lowest BCUT2D eigenvalue weighted by Crippen LogP contribution is -2.10. The van der Waals surface area contributed by atoms with Crippen molar-refractivity contribution in [2.24, 2.45) is 0 Å². The van der Waals surface area contributed by atoms with Crippen LogP contribution < -0.4 is 4.90 Å².